The van der Waals surface area contributed by atoms with Crippen LogP contribution in [0.1, 0.15) is 56.7 Å². The molecule has 106 valence electrons. The molecule has 2 atom stereocenters. The molecule has 2 rings (SSSR count). The quantitative estimate of drug-likeness (QED) is 0.839. The Morgan fingerprint density at radius 2 is 2.05 bits per heavy atom. The Bertz CT molecular complexity index is 379. The first kappa shape index (κ1) is 14.5. The highest BCUT2D eigenvalue weighted by atomic mass is 16.5. The summed E-state index contributed by atoms with van der Waals surface area (Å²) in [7, 11) is 2.03. The number of hydrogen-bond donors (Lipinski definition) is 1. The fourth-order valence-electron chi connectivity index (χ4n) is 3.11. The molecule has 2 unspecified atom stereocenters. The molecule has 0 amide bonds. The minimum atomic E-state index is -0.0559. The number of ether oxygens (including phenoxy) is 1. The molecule has 2 nitrogen and oxygen atoms in total. The van der Waals surface area contributed by atoms with E-state index >= 15 is 0 Å². The van der Waals surface area contributed by atoms with E-state index in [0.717, 1.165) is 13.0 Å². The van der Waals surface area contributed by atoms with Crippen LogP contribution in [0.4, 0.5) is 0 Å². The summed E-state index contributed by atoms with van der Waals surface area (Å²) in [5, 5.41) is 3.44. The first-order chi connectivity index (χ1) is 9.19. The topological polar surface area (TPSA) is 21.3 Å². The molecule has 1 aromatic rings. The van der Waals surface area contributed by atoms with Gasteiger partial charge in [-0.1, -0.05) is 37.6 Å². The summed E-state index contributed by atoms with van der Waals surface area (Å²) in [6.45, 7) is 5.36. The van der Waals surface area contributed by atoms with Gasteiger partial charge in [0.15, 0.2) is 0 Å². The van der Waals surface area contributed by atoms with Gasteiger partial charge < -0.3 is 10.1 Å². The lowest BCUT2D eigenvalue weighted by Crippen LogP contribution is -2.39. The Balaban J connectivity index is 2.10. The van der Waals surface area contributed by atoms with E-state index in [2.05, 4.69) is 43.4 Å². The van der Waals surface area contributed by atoms with Crippen LogP contribution in [-0.4, -0.2) is 19.3 Å². The summed E-state index contributed by atoms with van der Waals surface area (Å²) in [4.78, 5) is 0. The molecule has 1 N–H and O–H groups in total. The van der Waals surface area contributed by atoms with Gasteiger partial charge in [0.05, 0.1) is 11.6 Å². The van der Waals surface area contributed by atoms with Crippen molar-refractivity contribution in [1.29, 1.82) is 0 Å². The summed E-state index contributed by atoms with van der Waals surface area (Å²) in [6.07, 6.45) is 6.02. The highest BCUT2D eigenvalue weighted by Gasteiger charge is 2.38. The molecule has 1 fully saturated rings. The lowest BCUT2D eigenvalue weighted by molar-refractivity contribution is -0.0104. The van der Waals surface area contributed by atoms with Crippen LogP contribution in [0.25, 0.3) is 0 Å². The summed E-state index contributed by atoms with van der Waals surface area (Å²) in [5.41, 5.74) is 2.73. The first-order valence-electron chi connectivity index (χ1n) is 7.59. The van der Waals surface area contributed by atoms with Crippen LogP contribution in [0.15, 0.2) is 24.3 Å². The largest absolute Gasteiger partial charge is 0.373 e. The Morgan fingerprint density at radius 3 is 2.58 bits per heavy atom. The molecule has 2 heteroatoms. The molecule has 0 spiro atoms. The highest BCUT2D eigenvalue weighted by molar-refractivity contribution is 5.27. The Labute approximate surface area is 117 Å². The van der Waals surface area contributed by atoms with Crippen molar-refractivity contribution in [2.24, 2.45) is 0 Å². The number of likely N-dealkylation sites (N-methyl/N-ethyl adjacent to an activating group) is 1. The van der Waals surface area contributed by atoms with Gasteiger partial charge in [-0.3, -0.25) is 0 Å². The fourth-order valence-corrected chi connectivity index (χ4v) is 3.11. The average Bonchev–Trinajstić information content (AvgIpc) is 2.86. The summed E-state index contributed by atoms with van der Waals surface area (Å²) >= 11 is 0. The third-order valence-electron chi connectivity index (χ3n) is 4.28. The van der Waals surface area contributed by atoms with E-state index in [4.69, 9.17) is 4.74 Å². The molecule has 1 saturated heterocycles. The highest BCUT2D eigenvalue weighted by Crippen LogP contribution is 2.37. The molecule has 0 bridgehead atoms. The van der Waals surface area contributed by atoms with Crippen molar-refractivity contribution in [1.82, 2.24) is 5.32 Å². The normalized spacial score (nSPS) is 24.6. The van der Waals surface area contributed by atoms with Gasteiger partial charge in [-0.2, -0.15) is 0 Å². The molecule has 0 aromatic heterocycles. The molecule has 1 heterocycles. The second kappa shape index (κ2) is 6.53. The van der Waals surface area contributed by atoms with Crippen molar-refractivity contribution in [3.8, 4) is 0 Å². The molecule has 1 aromatic carbocycles. The molecule has 0 aliphatic carbocycles. The van der Waals surface area contributed by atoms with Gasteiger partial charge in [0.2, 0.25) is 0 Å². The second-order valence-electron chi connectivity index (χ2n) is 5.83. The zero-order valence-corrected chi connectivity index (χ0v) is 12.5. The lowest BCUT2D eigenvalue weighted by atomic mass is 9.87. The van der Waals surface area contributed by atoms with E-state index < -0.39 is 0 Å². The molecule has 1 aliphatic rings. The van der Waals surface area contributed by atoms with Crippen molar-refractivity contribution in [2.75, 3.05) is 13.7 Å². The molecular weight excluding hydrogens is 234 g/mol. The zero-order valence-electron chi connectivity index (χ0n) is 12.5. The van der Waals surface area contributed by atoms with Gasteiger partial charge in [0.1, 0.15) is 0 Å². The van der Waals surface area contributed by atoms with E-state index in [9.17, 15) is 0 Å². The molecule has 1 aliphatic heterocycles. The van der Waals surface area contributed by atoms with Crippen molar-refractivity contribution in [2.45, 2.75) is 57.6 Å². The second-order valence-corrected chi connectivity index (χ2v) is 5.83. The lowest BCUT2D eigenvalue weighted by Gasteiger charge is -2.33. The van der Waals surface area contributed by atoms with Gasteiger partial charge in [-0.05, 0) is 50.8 Å². The first-order valence-corrected chi connectivity index (χ1v) is 7.59. The molecule has 0 saturated carbocycles. The predicted molar refractivity (Wildman–Crippen MR) is 80.4 cm³/mol. The Hall–Kier alpha value is -0.860. The number of hydrogen-bond acceptors (Lipinski definition) is 2. The molecular formula is C17H27NO. The van der Waals surface area contributed by atoms with Crippen molar-refractivity contribution in [3.63, 3.8) is 0 Å². The van der Waals surface area contributed by atoms with Gasteiger partial charge in [0, 0.05) is 6.61 Å². The van der Waals surface area contributed by atoms with Crippen LogP contribution in [-0.2, 0) is 11.2 Å². The SMILES string of the molecule is CCCCc1ccc(C(NC)C2(C)CCCO2)cc1. The summed E-state index contributed by atoms with van der Waals surface area (Å²) < 4.78 is 5.98. The van der Waals surface area contributed by atoms with Crippen molar-refractivity contribution in [3.05, 3.63) is 35.4 Å². The third-order valence-corrected chi connectivity index (χ3v) is 4.28. The fraction of sp³-hybridized carbons (Fsp3) is 0.647. The van der Waals surface area contributed by atoms with E-state index in [-0.39, 0.29) is 11.6 Å². The van der Waals surface area contributed by atoms with E-state index in [0.29, 0.717) is 0 Å². The zero-order chi connectivity index (χ0) is 13.7. The number of benzene rings is 1. The number of aryl methyl sites for hydroxylation is 1. The number of rotatable bonds is 6. The van der Waals surface area contributed by atoms with Crippen LogP contribution < -0.4 is 5.32 Å². The van der Waals surface area contributed by atoms with Crippen LogP contribution >= 0.6 is 0 Å². The van der Waals surface area contributed by atoms with Crippen LogP contribution in [0.2, 0.25) is 0 Å². The third kappa shape index (κ3) is 3.37. The maximum absolute atomic E-state index is 5.98. The van der Waals surface area contributed by atoms with Gasteiger partial charge in [-0.15, -0.1) is 0 Å². The Kier molecular flexibility index (Phi) is 5.00. The smallest absolute Gasteiger partial charge is 0.0849 e. The average molecular weight is 261 g/mol. The maximum atomic E-state index is 5.98. The maximum Gasteiger partial charge on any atom is 0.0849 e. The van der Waals surface area contributed by atoms with Gasteiger partial charge >= 0.3 is 0 Å². The standard InChI is InChI=1S/C17H27NO/c1-4-5-7-14-8-10-15(11-9-14)16(18-3)17(2)12-6-13-19-17/h8-11,16,18H,4-7,12-13H2,1-3H3. The van der Waals surface area contributed by atoms with Crippen LogP contribution in [0, 0.1) is 0 Å². The minimum absolute atomic E-state index is 0.0559. The predicted octanol–water partition coefficient (Wildman–Crippen LogP) is 3.86. The van der Waals surface area contributed by atoms with Crippen LogP contribution in [0.3, 0.4) is 0 Å². The van der Waals surface area contributed by atoms with Crippen molar-refractivity contribution < 1.29 is 4.74 Å². The Morgan fingerprint density at radius 1 is 1.32 bits per heavy atom. The van der Waals surface area contributed by atoms with Gasteiger partial charge in [-0.25, -0.2) is 0 Å². The van der Waals surface area contributed by atoms with E-state index in [1.165, 1.54) is 36.8 Å². The van der Waals surface area contributed by atoms with Crippen molar-refractivity contribution >= 4 is 0 Å². The number of nitrogens with one attached hydrogen (secondary N) is 1. The minimum Gasteiger partial charge on any atom is -0.373 e. The monoisotopic (exact) mass is 261 g/mol. The van der Waals surface area contributed by atoms with Gasteiger partial charge in [0.25, 0.3) is 0 Å². The molecule has 0 radical (unpaired) electrons. The molecule has 19 heavy (non-hydrogen) atoms. The van der Waals surface area contributed by atoms with E-state index in [1.807, 2.05) is 7.05 Å². The number of unbranched alkanes of at least 4 members (excludes halogenated alkanes) is 1. The summed E-state index contributed by atoms with van der Waals surface area (Å²) in [5.74, 6) is 0. The summed E-state index contributed by atoms with van der Waals surface area (Å²) in [6, 6.07) is 9.36. The van der Waals surface area contributed by atoms with E-state index in [1.54, 1.807) is 0 Å². The van der Waals surface area contributed by atoms with Crippen LogP contribution in [0.5, 0.6) is 0 Å².